The molecule has 0 radical (unpaired) electrons. The van der Waals surface area contributed by atoms with Gasteiger partial charge in [-0.3, -0.25) is 4.90 Å². The molecular formula is C18H27NO. The lowest BCUT2D eigenvalue weighted by Crippen LogP contribution is -2.47. The zero-order chi connectivity index (χ0) is 14.1. The van der Waals surface area contributed by atoms with Crippen LogP contribution in [-0.4, -0.2) is 31.1 Å². The smallest absolute Gasteiger partial charge is 0.122 e. The molecule has 1 fully saturated rings. The fourth-order valence-electron chi connectivity index (χ4n) is 4.25. The van der Waals surface area contributed by atoms with E-state index in [0.717, 1.165) is 17.6 Å². The number of methoxy groups -OCH3 is 1. The predicted octanol–water partition coefficient (Wildman–Crippen LogP) is 3.53. The minimum absolute atomic E-state index is 0.712. The van der Waals surface area contributed by atoms with Crippen LogP contribution in [0.2, 0.25) is 0 Å². The number of benzene rings is 1. The molecule has 0 N–H and O–H groups in total. The largest absolute Gasteiger partial charge is 0.496 e. The second kappa shape index (κ2) is 5.77. The lowest BCUT2D eigenvalue weighted by molar-refractivity contribution is 0.0875. The molecule has 2 nitrogen and oxygen atoms in total. The third-order valence-electron chi connectivity index (χ3n) is 5.05. The highest BCUT2D eigenvalue weighted by Gasteiger charge is 2.30. The van der Waals surface area contributed by atoms with Gasteiger partial charge in [-0.2, -0.15) is 0 Å². The van der Waals surface area contributed by atoms with Crippen molar-refractivity contribution in [2.75, 3.05) is 20.2 Å². The van der Waals surface area contributed by atoms with Crippen LogP contribution < -0.4 is 4.74 Å². The van der Waals surface area contributed by atoms with Gasteiger partial charge in [0.05, 0.1) is 7.11 Å². The second-order valence-electron chi connectivity index (χ2n) is 6.89. The van der Waals surface area contributed by atoms with Crippen LogP contribution in [0.1, 0.15) is 37.8 Å². The quantitative estimate of drug-likeness (QED) is 0.817. The lowest BCUT2D eigenvalue weighted by Gasteiger charge is -2.42. The average Bonchev–Trinajstić information content (AvgIpc) is 2.45. The van der Waals surface area contributed by atoms with Crippen LogP contribution in [0.4, 0.5) is 0 Å². The van der Waals surface area contributed by atoms with Crippen LogP contribution in [-0.2, 0) is 12.8 Å². The van der Waals surface area contributed by atoms with Crippen LogP contribution in [0.15, 0.2) is 18.2 Å². The number of ether oxygens (including phenoxy) is 1. The van der Waals surface area contributed by atoms with Gasteiger partial charge in [0.15, 0.2) is 0 Å². The molecule has 0 saturated carbocycles. The Hall–Kier alpha value is -1.02. The number of hydrogen-bond donors (Lipinski definition) is 0. The summed E-state index contributed by atoms with van der Waals surface area (Å²) in [6.45, 7) is 7.36. The summed E-state index contributed by atoms with van der Waals surface area (Å²) in [5.74, 6) is 2.78. The standard InChI is InChI=1S/C18H27NO/c1-13-9-14(2)12-19(11-13)16-8-7-15-5-4-6-18(20-3)17(15)10-16/h4-6,13-14,16H,7-12H2,1-3H3/t13-,14-,16?/m0/s1. The van der Waals surface area contributed by atoms with Gasteiger partial charge >= 0.3 is 0 Å². The summed E-state index contributed by atoms with van der Waals surface area (Å²) in [6.07, 6.45) is 5.07. The molecular weight excluding hydrogens is 246 g/mol. The SMILES string of the molecule is COc1cccc2c1CC(N1C[C@@H](C)C[C@H](C)C1)CC2. The van der Waals surface area contributed by atoms with E-state index >= 15 is 0 Å². The van der Waals surface area contributed by atoms with E-state index < -0.39 is 0 Å². The van der Waals surface area contributed by atoms with Gasteiger partial charge in [-0.05, 0) is 54.7 Å². The van der Waals surface area contributed by atoms with Crippen molar-refractivity contribution < 1.29 is 4.74 Å². The molecule has 0 amide bonds. The van der Waals surface area contributed by atoms with Crippen molar-refractivity contribution in [2.24, 2.45) is 11.8 Å². The first kappa shape index (κ1) is 13.9. The Balaban J connectivity index is 1.78. The Labute approximate surface area is 123 Å². The summed E-state index contributed by atoms with van der Waals surface area (Å²) in [5.41, 5.74) is 2.95. The number of piperidine rings is 1. The number of rotatable bonds is 2. The Morgan fingerprint density at radius 3 is 2.60 bits per heavy atom. The molecule has 20 heavy (non-hydrogen) atoms. The molecule has 1 aliphatic heterocycles. The summed E-state index contributed by atoms with van der Waals surface area (Å²) in [6, 6.07) is 7.23. The monoisotopic (exact) mass is 273 g/mol. The number of likely N-dealkylation sites (tertiary alicyclic amines) is 1. The molecule has 110 valence electrons. The van der Waals surface area contributed by atoms with Gasteiger partial charge in [0.2, 0.25) is 0 Å². The fourth-order valence-corrected chi connectivity index (χ4v) is 4.25. The topological polar surface area (TPSA) is 12.5 Å². The molecule has 2 aliphatic rings. The van der Waals surface area contributed by atoms with Crippen molar-refractivity contribution in [2.45, 2.75) is 45.6 Å². The van der Waals surface area contributed by atoms with E-state index in [1.54, 1.807) is 7.11 Å². The molecule has 3 rings (SSSR count). The van der Waals surface area contributed by atoms with E-state index in [9.17, 15) is 0 Å². The number of aryl methyl sites for hydroxylation is 1. The first-order chi connectivity index (χ1) is 9.67. The van der Waals surface area contributed by atoms with E-state index in [0.29, 0.717) is 6.04 Å². The predicted molar refractivity (Wildman–Crippen MR) is 83.3 cm³/mol. The molecule has 0 bridgehead atoms. The highest BCUT2D eigenvalue weighted by molar-refractivity contribution is 5.42. The Bertz CT molecular complexity index is 446. The van der Waals surface area contributed by atoms with Crippen molar-refractivity contribution in [3.63, 3.8) is 0 Å². The van der Waals surface area contributed by atoms with Crippen molar-refractivity contribution in [1.29, 1.82) is 0 Å². The third-order valence-corrected chi connectivity index (χ3v) is 5.05. The molecule has 1 unspecified atom stereocenters. The second-order valence-corrected chi connectivity index (χ2v) is 6.89. The highest BCUT2D eigenvalue weighted by Crippen LogP contribution is 2.33. The summed E-state index contributed by atoms with van der Waals surface area (Å²) in [7, 11) is 1.80. The number of nitrogens with zero attached hydrogens (tertiary/aromatic N) is 1. The van der Waals surface area contributed by atoms with Crippen molar-refractivity contribution in [3.8, 4) is 5.75 Å². The molecule has 2 heteroatoms. The van der Waals surface area contributed by atoms with Crippen LogP contribution >= 0.6 is 0 Å². The fraction of sp³-hybridized carbons (Fsp3) is 0.667. The average molecular weight is 273 g/mol. The van der Waals surface area contributed by atoms with Crippen LogP contribution in [0.25, 0.3) is 0 Å². The molecule has 1 heterocycles. The van der Waals surface area contributed by atoms with Crippen molar-refractivity contribution in [1.82, 2.24) is 4.90 Å². The maximum atomic E-state index is 5.57. The Kier molecular flexibility index (Phi) is 4.02. The summed E-state index contributed by atoms with van der Waals surface area (Å²) in [4.78, 5) is 2.74. The van der Waals surface area contributed by atoms with Crippen LogP contribution in [0, 0.1) is 11.8 Å². The van der Waals surface area contributed by atoms with Crippen molar-refractivity contribution in [3.05, 3.63) is 29.3 Å². The lowest BCUT2D eigenvalue weighted by atomic mass is 9.84. The minimum atomic E-state index is 0.712. The zero-order valence-electron chi connectivity index (χ0n) is 13.1. The molecule has 3 atom stereocenters. The van der Waals surface area contributed by atoms with E-state index in [1.165, 1.54) is 49.9 Å². The molecule has 1 saturated heterocycles. The van der Waals surface area contributed by atoms with Gasteiger partial charge in [0.1, 0.15) is 5.75 Å². The van der Waals surface area contributed by atoms with E-state index in [4.69, 9.17) is 4.74 Å². The van der Waals surface area contributed by atoms with Gasteiger partial charge in [-0.1, -0.05) is 26.0 Å². The third kappa shape index (κ3) is 2.71. The van der Waals surface area contributed by atoms with Crippen molar-refractivity contribution >= 4 is 0 Å². The van der Waals surface area contributed by atoms with Gasteiger partial charge in [0.25, 0.3) is 0 Å². The molecule has 1 aliphatic carbocycles. The maximum absolute atomic E-state index is 5.57. The highest BCUT2D eigenvalue weighted by atomic mass is 16.5. The summed E-state index contributed by atoms with van der Waals surface area (Å²) < 4.78 is 5.57. The van der Waals surface area contributed by atoms with E-state index in [1.807, 2.05) is 0 Å². The van der Waals surface area contributed by atoms with Crippen LogP contribution in [0.5, 0.6) is 5.75 Å². The summed E-state index contributed by atoms with van der Waals surface area (Å²) in [5, 5.41) is 0. The molecule has 1 aromatic rings. The first-order valence-electron chi connectivity index (χ1n) is 8.06. The molecule has 0 aromatic heterocycles. The number of hydrogen-bond acceptors (Lipinski definition) is 2. The van der Waals surface area contributed by atoms with Crippen LogP contribution in [0.3, 0.4) is 0 Å². The Morgan fingerprint density at radius 1 is 1.15 bits per heavy atom. The summed E-state index contributed by atoms with van der Waals surface area (Å²) >= 11 is 0. The van der Waals surface area contributed by atoms with E-state index in [2.05, 4.69) is 36.9 Å². The number of fused-ring (bicyclic) bond motifs is 1. The van der Waals surface area contributed by atoms with E-state index in [-0.39, 0.29) is 0 Å². The maximum Gasteiger partial charge on any atom is 0.122 e. The van der Waals surface area contributed by atoms with Gasteiger partial charge < -0.3 is 4.74 Å². The molecule has 0 spiro atoms. The first-order valence-corrected chi connectivity index (χ1v) is 8.06. The van der Waals surface area contributed by atoms with Gasteiger partial charge in [-0.15, -0.1) is 0 Å². The van der Waals surface area contributed by atoms with Gasteiger partial charge in [0, 0.05) is 19.1 Å². The van der Waals surface area contributed by atoms with Gasteiger partial charge in [-0.25, -0.2) is 0 Å². The Morgan fingerprint density at radius 2 is 1.90 bits per heavy atom. The molecule has 1 aromatic carbocycles. The normalized spacial score (nSPS) is 30.9. The minimum Gasteiger partial charge on any atom is -0.496 e. The zero-order valence-corrected chi connectivity index (χ0v) is 13.1.